The molecule has 1 fully saturated rings. The maximum atomic E-state index is 11.9. The highest BCUT2D eigenvalue weighted by atomic mass is 35.5. The number of likely N-dealkylation sites (tertiary alicyclic amines) is 1. The molecule has 2 rings (SSSR count). The minimum absolute atomic E-state index is 0.0421. The van der Waals surface area contributed by atoms with E-state index in [2.05, 4.69) is 5.32 Å². The Morgan fingerprint density at radius 1 is 1.33 bits per heavy atom. The first-order chi connectivity index (χ1) is 9.89. The summed E-state index contributed by atoms with van der Waals surface area (Å²) in [5.41, 5.74) is 0.510. The van der Waals surface area contributed by atoms with Crippen LogP contribution in [-0.2, 0) is 21.2 Å². The summed E-state index contributed by atoms with van der Waals surface area (Å²) in [6, 6.07) is 4.79. The Labute approximate surface area is 130 Å². The van der Waals surface area contributed by atoms with Gasteiger partial charge in [-0.05, 0) is 25.0 Å². The molecule has 5 nitrogen and oxygen atoms in total. The van der Waals surface area contributed by atoms with Crippen LogP contribution >= 0.6 is 11.6 Å². The van der Waals surface area contributed by atoms with Crippen LogP contribution in [0.1, 0.15) is 18.4 Å². The molecular formula is C14H19ClN2O3S. The molecule has 1 aromatic carbocycles. The van der Waals surface area contributed by atoms with Crippen molar-refractivity contribution in [1.82, 2.24) is 10.2 Å². The number of rotatable bonds is 5. The molecule has 0 atom stereocenters. The summed E-state index contributed by atoms with van der Waals surface area (Å²) in [7, 11) is -3.34. The maximum absolute atomic E-state index is 11.9. The smallest absolute Gasteiger partial charge is 0.236 e. The normalized spacial score (nSPS) is 15.4. The number of carbonyl (C=O) groups is 1. The van der Waals surface area contributed by atoms with Gasteiger partial charge in [0.1, 0.15) is 0 Å². The SMILES string of the molecule is CS(=O)(=O)c1cccc(Cl)c1CNCC(=O)N1CCCC1. The number of nitrogens with one attached hydrogen (secondary N) is 1. The van der Waals surface area contributed by atoms with E-state index in [0.29, 0.717) is 10.6 Å². The Kier molecular flexibility index (Phi) is 5.24. The Morgan fingerprint density at radius 3 is 2.62 bits per heavy atom. The molecule has 1 aliphatic rings. The third-order valence-corrected chi connectivity index (χ3v) is 5.05. The van der Waals surface area contributed by atoms with Crippen molar-refractivity contribution in [2.45, 2.75) is 24.3 Å². The lowest BCUT2D eigenvalue weighted by atomic mass is 10.2. The van der Waals surface area contributed by atoms with E-state index < -0.39 is 9.84 Å². The third kappa shape index (κ3) is 4.18. The zero-order valence-corrected chi connectivity index (χ0v) is 13.5. The van der Waals surface area contributed by atoms with Crippen molar-refractivity contribution in [3.05, 3.63) is 28.8 Å². The van der Waals surface area contributed by atoms with Gasteiger partial charge in [0, 0.05) is 36.5 Å². The number of nitrogens with zero attached hydrogens (tertiary/aromatic N) is 1. The van der Waals surface area contributed by atoms with Crippen molar-refractivity contribution in [1.29, 1.82) is 0 Å². The molecule has 116 valence electrons. The van der Waals surface area contributed by atoms with Gasteiger partial charge in [-0.2, -0.15) is 0 Å². The molecule has 0 unspecified atom stereocenters. The number of halogens is 1. The second-order valence-corrected chi connectivity index (χ2v) is 7.57. The molecule has 0 spiro atoms. The maximum Gasteiger partial charge on any atom is 0.236 e. The molecule has 1 heterocycles. The molecular weight excluding hydrogens is 312 g/mol. The number of amides is 1. The van der Waals surface area contributed by atoms with E-state index in [4.69, 9.17) is 11.6 Å². The molecule has 1 aromatic rings. The van der Waals surface area contributed by atoms with Crippen molar-refractivity contribution in [2.24, 2.45) is 0 Å². The molecule has 7 heteroatoms. The Hall–Kier alpha value is -1.11. The number of hydrogen-bond acceptors (Lipinski definition) is 4. The van der Waals surface area contributed by atoms with Crippen LogP contribution in [0, 0.1) is 0 Å². The summed E-state index contributed by atoms with van der Waals surface area (Å²) in [5, 5.41) is 3.38. The van der Waals surface area contributed by atoms with Gasteiger partial charge in [-0.25, -0.2) is 8.42 Å². The highest BCUT2D eigenvalue weighted by molar-refractivity contribution is 7.90. The predicted molar refractivity (Wildman–Crippen MR) is 82.1 cm³/mol. The van der Waals surface area contributed by atoms with E-state index in [9.17, 15) is 13.2 Å². The fourth-order valence-electron chi connectivity index (χ4n) is 2.43. The van der Waals surface area contributed by atoms with E-state index in [1.165, 1.54) is 6.07 Å². The standard InChI is InChI=1S/C14H19ClN2O3S/c1-21(19,20)13-6-4-5-12(15)11(13)9-16-10-14(18)17-7-2-3-8-17/h4-6,16H,2-3,7-10H2,1H3. The molecule has 21 heavy (non-hydrogen) atoms. The second-order valence-electron chi connectivity index (χ2n) is 5.18. The van der Waals surface area contributed by atoms with Crippen molar-refractivity contribution >= 4 is 27.3 Å². The van der Waals surface area contributed by atoms with E-state index in [0.717, 1.165) is 32.2 Å². The van der Waals surface area contributed by atoms with Gasteiger partial charge in [-0.1, -0.05) is 17.7 Å². The highest BCUT2D eigenvalue weighted by Crippen LogP contribution is 2.23. The Balaban J connectivity index is 2.01. The molecule has 1 amide bonds. The number of carbonyl (C=O) groups excluding carboxylic acids is 1. The summed E-state index contributed by atoms with van der Waals surface area (Å²) in [5.74, 6) is 0.0421. The second kappa shape index (κ2) is 6.77. The summed E-state index contributed by atoms with van der Waals surface area (Å²) in [6.07, 6.45) is 3.25. The minimum Gasteiger partial charge on any atom is -0.342 e. The summed E-state index contributed by atoms with van der Waals surface area (Å²) < 4.78 is 23.5. The third-order valence-electron chi connectivity index (χ3n) is 3.51. The predicted octanol–water partition coefficient (Wildman–Crippen LogP) is 1.46. The zero-order valence-electron chi connectivity index (χ0n) is 11.9. The van der Waals surface area contributed by atoms with Gasteiger partial charge in [0.25, 0.3) is 0 Å². The fourth-order valence-corrected chi connectivity index (χ4v) is 3.68. The number of benzene rings is 1. The van der Waals surface area contributed by atoms with Crippen LogP contribution in [0.4, 0.5) is 0 Å². The first kappa shape index (κ1) is 16.3. The van der Waals surface area contributed by atoms with Gasteiger partial charge in [0.15, 0.2) is 9.84 Å². The van der Waals surface area contributed by atoms with Gasteiger partial charge in [0.05, 0.1) is 11.4 Å². The number of hydrogen-bond donors (Lipinski definition) is 1. The van der Waals surface area contributed by atoms with Crippen LogP contribution in [0.5, 0.6) is 0 Å². The molecule has 0 aromatic heterocycles. The Bertz CT molecular complexity index is 625. The van der Waals surface area contributed by atoms with Crippen LogP contribution in [-0.4, -0.2) is 45.1 Å². The van der Waals surface area contributed by atoms with Gasteiger partial charge < -0.3 is 10.2 Å². The summed E-state index contributed by atoms with van der Waals surface area (Å²) >= 11 is 6.08. The Morgan fingerprint density at radius 2 is 2.00 bits per heavy atom. The van der Waals surface area contributed by atoms with E-state index >= 15 is 0 Å². The van der Waals surface area contributed by atoms with Gasteiger partial charge in [-0.3, -0.25) is 4.79 Å². The van der Waals surface area contributed by atoms with Gasteiger partial charge in [0.2, 0.25) is 5.91 Å². The van der Waals surface area contributed by atoms with Crippen LogP contribution in [0.15, 0.2) is 23.1 Å². The van der Waals surface area contributed by atoms with E-state index in [-0.39, 0.29) is 23.9 Å². The van der Waals surface area contributed by atoms with Crippen molar-refractivity contribution in [3.8, 4) is 0 Å². The molecule has 0 saturated carbocycles. The first-order valence-electron chi connectivity index (χ1n) is 6.85. The van der Waals surface area contributed by atoms with Crippen LogP contribution in [0.3, 0.4) is 0 Å². The van der Waals surface area contributed by atoms with Crippen molar-refractivity contribution < 1.29 is 13.2 Å². The average molecular weight is 331 g/mol. The molecule has 0 radical (unpaired) electrons. The van der Waals surface area contributed by atoms with Gasteiger partial charge >= 0.3 is 0 Å². The monoisotopic (exact) mass is 330 g/mol. The van der Waals surface area contributed by atoms with E-state index in [1.54, 1.807) is 12.1 Å². The van der Waals surface area contributed by atoms with Crippen LogP contribution < -0.4 is 5.32 Å². The summed E-state index contributed by atoms with van der Waals surface area (Å²) in [6.45, 7) is 2.05. The van der Waals surface area contributed by atoms with Crippen LogP contribution in [0.25, 0.3) is 0 Å². The lowest BCUT2D eigenvalue weighted by molar-refractivity contribution is -0.129. The largest absolute Gasteiger partial charge is 0.342 e. The zero-order chi connectivity index (χ0) is 15.5. The van der Waals surface area contributed by atoms with Crippen LogP contribution in [0.2, 0.25) is 5.02 Å². The lowest BCUT2D eigenvalue weighted by Gasteiger charge is -2.16. The average Bonchev–Trinajstić information content (AvgIpc) is 2.93. The first-order valence-corrected chi connectivity index (χ1v) is 9.12. The molecule has 0 aliphatic carbocycles. The summed E-state index contributed by atoms with van der Waals surface area (Å²) in [4.78, 5) is 13.9. The minimum atomic E-state index is -3.34. The fraction of sp³-hybridized carbons (Fsp3) is 0.500. The quantitative estimate of drug-likeness (QED) is 0.887. The van der Waals surface area contributed by atoms with Crippen molar-refractivity contribution in [3.63, 3.8) is 0 Å². The van der Waals surface area contributed by atoms with Crippen molar-refractivity contribution in [2.75, 3.05) is 25.9 Å². The number of sulfone groups is 1. The molecule has 1 N–H and O–H groups in total. The molecule has 1 saturated heterocycles. The molecule has 0 bridgehead atoms. The molecule has 1 aliphatic heterocycles. The highest BCUT2D eigenvalue weighted by Gasteiger charge is 2.19. The van der Waals surface area contributed by atoms with E-state index in [1.807, 2.05) is 4.90 Å². The lowest BCUT2D eigenvalue weighted by Crippen LogP contribution is -2.36. The topological polar surface area (TPSA) is 66.5 Å². The van der Waals surface area contributed by atoms with Gasteiger partial charge in [-0.15, -0.1) is 0 Å².